The molecule has 5 nitrogen and oxygen atoms in total. The lowest BCUT2D eigenvalue weighted by atomic mass is 10.1. The van der Waals surface area contributed by atoms with Crippen molar-refractivity contribution in [2.45, 2.75) is 19.8 Å². The van der Waals surface area contributed by atoms with Crippen LogP contribution in [-0.4, -0.2) is 37.1 Å². The highest BCUT2D eigenvalue weighted by molar-refractivity contribution is 5.82. The van der Waals surface area contributed by atoms with Gasteiger partial charge in [0.15, 0.2) is 0 Å². The Morgan fingerprint density at radius 3 is 2.47 bits per heavy atom. The maximum absolute atomic E-state index is 11.5. The predicted molar refractivity (Wildman–Crippen MR) is 55.4 cm³/mol. The van der Waals surface area contributed by atoms with E-state index in [2.05, 4.69) is 10.6 Å². The molecule has 1 amide bonds. The predicted octanol–water partition coefficient (Wildman–Crippen LogP) is -0.177. The fraction of sp³-hybridized carbons (Fsp3) is 0.800. The fourth-order valence-corrected chi connectivity index (χ4v) is 1.45. The van der Waals surface area contributed by atoms with Crippen LogP contribution in [0.3, 0.4) is 0 Å². The van der Waals surface area contributed by atoms with E-state index in [0.717, 1.165) is 0 Å². The molecule has 1 fully saturated rings. The van der Waals surface area contributed by atoms with Gasteiger partial charge in [-0.15, -0.1) is 0 Å². The van der Waals surface area contributed by atoms with Gasteiger partial charge in [-0.05, 0) is 19.9 Å². The van der Waals surface area contributed by atoms with Gasteiger partial charge in [0, 0.05) is 19.0 Å². The molecular weight excluding hydrogens is 196 g/mol. The Bertz CT molecular complexity index is 261. The van der Waals surface area contributed by atoms with Crippen LogP contribution in [0, 0.1) is 11.3 Å². The molecule has 1 aliphatic carbocycles. The number of hydrogen-bond donors (Lipinski definition) is 3. The highest BCUT2D eigenvalue weighted by Crippen LogP contribution is 2.45. The van der Waals surface area contributed by atoms with Gasteiger partial charge in [-0.1, -0.05) is 6.92 Å². The third-order valence-electron chi connectivity index (χ3n) is 2.87. The number of hydrogen-bond acceptors (Lipinski definition) is 3. The molecule has 1 atom stereocenters. The van der Waals surface area contributed by atoms with Crippen LogP contribution in [0.15, 0.2) is 0 Å². The lowest BCUT2D eigenvalue weighted by Gasteiger charge is -2.14. The first kappa shape index (κ1) is 12.0. The normalized spacial score (nSPS) is 19.3. The monoisotopic (exact) mass is 214 g/mol. The average Bonchev–Trinajstić information content (AvgIpc) is 2.95. The summed E-state index contributed by atoms with van der Waals surface area (Å²) in [6, 6.07) is 0. The second kappa shape index (κ2) is 4.61. The Morgan fingerprint density at radius 2 is 2.07 bits per heavy atom. The van der Waals surface area contributed by atoms with Crippen molar-refractivity contribution < 1.29 is 14.7 Å². The highest BCUT2D eigenvalue weighted by Gasteiger charge is 2.50. The van der Waals surface area contributed by atoms with Crippen LogP contribution in [0.2, 0.25) is 0 Å². The van der Waals surface area contributed by atoms with Crippen LogP contribution in [0.25, 0.3) is 0 Å². The molecule has 0 aromatic rings. The Morgan fingerprint density at radius 1 is 1.47 bits per heavy atom. The van der Waals surface area contributed by atoms with E-state index in [0.29, 0.717) is 19.4 Å². The molecule has 86 valence electrons. The molecular formula is C10H18N2O3. The van der Waals surface area contributed by atoms with Gasteiger partial charge in [0.2, 0.25) is 5.91 Å². The van der Waals surface area contributed by atoms with Crippen LogP contribution >= 0.6 is 0 Å². The molecule has 5 heteroatoms. The van der Waals surface area contributed by atoms with E-state index in [1.54, 1.807) is 7.05 Å². The zero-order valence-corrected chi connectivity index (χ0v) is 9.17. The van der Waals surface area contributed by atoms with E-state index < -0.39 is 11.4 Å². The van der Waals surface area contributed by atoms with Crippen molar-refractivity contribution in [2.24, 2.45) is 11.3 Å². The molecule has 3 N–H and O–H groups in total. The van der Waals surface area contributed by atoms with Crippen LogP contribution in [0.1, 0.15) is 19.8 Å². The molecule has 0 aromatic heterocycles. The molecule has 1 aliphatic rings. The summed E-state index contributed by atoms with van der Waals surface area (Å²) >= 11 is 0. The van der Waals surface area contributed by atoms with Gasteiger partial charge >= 0.3 is 5.97 Å². The zero-order valence-electron chi connectivity index (χ0n) is 9.17. The number of amides is 1. The molecule has 0 aliphatic heterocycles. The van der Waals surface area contributed by atoms with Crippen LogP contribution in [0.5, 0.6) is 0 Å². The first-order valence-corrected chi connectivity index (χ1v) is 5.17. The molecule has 0 bridgehead atoms. The third kappa shape index (κ3) is 2.92. The van der Waals surface area contributed by atoms with E-state index in [1.807, 2.05) is 6.92 Å². The van der Waals surface area contributed by atoms with Gasteiger partial charge in [-0.2, -0.15) is 0 Å². The average molecular weight is 214 g/mol. The summed E-state index contributed by atoms with van der Waals surface area (Å²) < 4.78 is 0. The minimum atomic E-state index is -0.802. The second-order valence-corrected chi connectivity index (χ2v) is 4.26. The van der Waals surface area contributed by atoms with Gasteiger partial charge in [0.1, 0.15) is 0 Å². The van der Waals surface area contributed by atoms with Gasteiger partial charge in [-0.3, -0.25) is 9.59 Å². The van der Waals surface area contributed by atoms with E-state index in [9.17, 15) is 9.59 Å². The summed E-state index contributed by atoms with van der Waals surface area (Å²) in [5.41, 5.74) is -0.672. The topological polar surface area (TPSA) is 78.4 Å². The van der Waals surface area contributed by atoms with Crippen molar-refractivity contribution in [2.75, 3.05) is 20.1 Å². The number of rotatable bonds is 6. The number of aliphatic carboxylic acids is 1. The summed E-state index contributed by atoms with van der Waals surface area (Å²) in [5.74, 6) is -1.01. The second-order valence-electron chi connectivity index (χ2n) is 4.26. The lowest BCUT2D eigenvalue weighted by Crippen LogP contribution is -2.39. The molecule has 0 radical (unpaired) electrons. The molecule has 1 rings (SSSR count). The Hall–Kier alpha value is -1.10. The van der Waals surface area contributed by atoms with Gasteiger partial charge in [-0.25, -0.2) is 0 Å². The Kier molecular flexibility index (Phi) is 3.68. The maximum Gasteiger partial charge on any atom is 0.311 e. The van der Waals surface area contributed by atoms with E-state index in [1.165, 1.54) is 0 Å². The Balaban J connectivity index is 2.31. The van der Waals surface area contributed by atoms with Crippen molar-refractivity contribution in [3.63, 3.8) is 0 Å². The van der Waals surface area contributed by atoms with Crippen molar-refractivity contribution >= 4 is 11.9 Å². The minimum Gasteiger partial charge on any atom is -0.481 e. The van der Waals surface area contributed by atoms with E-state index in [-0.39, 0.29) is 18.4 Å². The molecule has 0 aromatic carbocycles. The lowest BCUT2D eigenvalue weighted by molar-refractivity contribution is -0.143. The first-order valence-electron chi connectivity index (χ1n) is 5.17. The van der Waals surface area contributed by atoms with Crippen LogP contribution in [0.4, 0.5) is 0 Å². The van der Waals surface area contributed by atoms with Gasteiger partial charge in [0.25, 0.3) is 0 Å². The van der Waals surface area contributed by atoms with Crippen molar-refractivity contribution in [1.29, 1.82) is 0 Å². The van der Waals surface area contributed by atoms with Crippen molar-refractivity contribution in [3.8, 4) is 0 Å². The SMILES string of the molecule is CNCC(C)C(=O)NCC1(C(=O)O)CC1. The standard InChI is InChI=1S/C10H18N2O3/c1-7(5-11-2)8(13)12-6-10(3-4-10)9(14)15/h7,11H,3-6H2,1-2H3,(H,12,13)(H,14,15). The summed E-state index contributed by atoms with van der Waals surface area (Å²) in [7, 11) is 1.78. The highest BCUT2D eigenvalue weighted by atomic mass is 16.4. The zero-order chi connectivity index (χ0) is 11.5. The third-order valence-corrected chi connectivity index (χ3v) is 2.87. The van der Waals surface area contributed by atoms with Gasteiger partial charge < -0.3 is 15.7 Å². The summed E-state index contributed by atoms with van der Waals surface area (Å²) in [6.07, 6.45) is 1.34. The van der Waals surface area contributed by atoms with E-state index >= 15 is 0 Å². The van der Waals surface area contributed by atoms with Gasteiger partial charge in [0.05, 0.1) is 5.41 Å². The Labute approximate surface area is 89.2 Å². The molecule has 0 heterocycles. The number of carbonyl (C=O) groups excluding carboxylic acids is 1. The summed E-state index contributed by atoms with van der Waals surface area (Å²) in [6.45, 7) is 2.67. The number of carboxylic acid groups (broad SMARTS) is 1. The smallest absolute Gasteiger partial charge is 0.311 e. The minimum absolute atomic E-state index is 0.0862. The largest absolute Gasteiger partial charge is 0.481 e. The quantitative estimate of drug-likeness (QED) is 0.573. The van der Waals surface area contributed by atoms with Crippen LogP contribution < -0.4 is 10.6 Å². The van der Waals surface area contributed by atoms with E-state index in [4.69, 9.17) is 5.11 Å². The molecule has 15 heavy (non-hydrogen) atoms. The molecule has 1 saturated carbocycles. The number of nitrogens with one attached hydrogen (secondary N) is 2. The summed E-state index contributed by atoms with van der Waals surface area (Å²) in [4.78, 5) is 22.3. The fourth-order valence-electron chi connectivity index (χ4n) is 1.45. The first-order chi connectivity index (χ1) is 7.02. The number of carboxylic acids is 1. The molecule has 0 spiro atoms. The molecule has 1 unspecified atom stereocenters. The summed E-state index contributed by atoms with van der Waals surface area (Å²) in [5, 5.41) is 14.5. The van der Waals surface area contributed by atoms with Crippen LogP contribution in [-0.2, 0) is 9.59 Å². The van der Waals surface area contributed by atoms with Crippen molar-refractivity contribution in [3.05, 3.63) is 0 Å². The van der Waals surface area contributed by atoms with Crippen molar-refractivity contribution in [1.82, 2.24) is 10.6 Å². The molecule has 0 saturated heterocycles. The number of carbonyl (C=O) groups is 2. The maximum atomic E-state index is 11.5.